The highest BCUT2D eigenvalue weighted by Gasteiger charge is 2.06. The molecule has 0 atom stereocenters. The van der Waals surface area contributed by atoms with Crippen molar-refractivity contribution in [3.05, 3.63) is 52.9 Å². The summed E-state index contributed by atoms with van der Waals surface area (Å²) in [6.45, 7) is 1.66. The molecular weight excluding hydrogens is 269 g/mol. The minimum atomic E-state index is 0.659. The Balaban J connectivity index is 1.92. The fourth-order valence-electron chi connectivity index (χ4n) is 2.06. The lowest BCUT2D eigenvalue weighted by molar-refractivity contribution is 0.543. The maximum Gasteiger partial charge on any atom is 0.0588 e. The van der Waals surface area contributed by atoms with Gasteiger partial charge < -0.3 is 4.57 Å². The van der Waals surface area contributed by atoms with Crippen LogP contribution < -0.4 is 0 Å². The Morgan fingerprint density at radius 3 is 2.78 bits per heavy atom. The highest BCUT2D eigenvalue weighted by molar-refractivity contribution is 6.38. The Kier molecular flexibility index (Phi) is 3.02. The largest absolute Gasteiger partial charge is 0.346 e. The van der Waals surface area contributed by atoms with Crippen LogP contribution in [0, 0.1) is 0 Å². The van der Waals surface area contributed by atoms with Crippen LogP contribution in [0.2, 0.25) is 10.0 Å². The molecule has 3 aromatic rings. The van der Waals surface area contributed by atoms with Crippen LogP contribution in [0.4, 0.5) is 0 Å². The molecule has 92 valence electrons. The molecule has 2 aromatic heterocycles. The topological polar surface area (TPSA) is 22.8 Å². The number of halogens is 2. The first-order valence-electron chi connectivity index (χ1n) is 5.65. The molecule has 0 aliphatic carbocycles. The van der Waals surface area contributed by atoms with Crippen molar-refractivity contribution in [1.82, 2.24) is 14.3 Å². The van der Waals surface area contributed by atoms with Gasteiger partial charge in [0.05, 0.1) is 17.1 Å². The number of fused-ring (bicyclic) bond motifs is 1. The van der Waals surface area contributed by atoms with E-state index >= 15 is 0 Å². The van der Waals surface area contributed by atoms with Gasteiger partial charge in [0, 0.05) is 35.5 Å². The maximum absolute atomic E-state index is 6.16. The van der Waals surface area contributed by atoms with Crippen molar-refractivity contribution in [1.29, 1.82) is 0 Å². The quantitative estimate of drug-likeness (QED) is 0.714. The molecule has 0 N–H and O–H groups in total. The molecule has 3 nitrogen and oxygen atoms in total. The van der Waals surface area contributed by atoms with E-state index < -0.39 is 0 Å². The Hall–Kier alpha value is -1.45. The lowest BCUT2D eigenvalue weighted by atomic mass is 10.2. The van der Waals surface area contributed by atoms with E-state index in [1.165, 1.54) is 0 Å². The Morgan fingerprint density at radius 1 is 1.11 bits per heavy atom. The molecule has 5 heteroatoms. The van der Waals surface area contributed by atoms with Crippen molar-refractivity contribution >= 4 is 34.1 Å². The zero-order chi connectivity index (χ0) is 12.5. The first kappa shape index (κ1) is 11.6. The number of hydrogen-bond acceptors (Lipinski definition) is 1. The number of rotatable bonds is 3. The van der Waals surface area contributed by atoms with Crippen molar-refractivity contribution < 1.29 is 0 Å². The summed E-state index contributed by atoms with van der Waals surface area (Å²) >= 11 is 12.2. The van der Waals surface area contributed by atoms with E-state index in [4.69, 9.17) is 23.2 Å². The average Bonchev–Trinajstić information content (AvgIpc) is 2.94. The van der Waals surface area contributed by atoms with E-state index in [1.807, 2.05) is 35.3 Å². The monoisotopic (exact) mass is 279 g/mol. The normalized spacial score (nSPS) is 11.2. The summed E-state index contributed by atoms with van der Waals surface area (Å²) in [4.78, 5) is 0. The van der Waals surface area contributed by atoms with Crippen LogP contribution in [-0.2, 0) is 13.1 Å². The molecule has 0 radical (unpaired) electrons. The lowest BCUT2D eigenvalue weighted by Gasteiger charge is -2.06. The van der Waals surface area contributed by atoms with Crippen molar-refractivity contribution in [2.45, 2.75) is 13.1 Å². The summed E-state index contributed by atoms with van der Waals surface area (Å²) in [5.41, 5.74) is 1.06. The molecule has 0 saturated heterocycles. The summed E-state index contributed by atoms with van der Waals surface area (Å²) < 4.78 is 4.03. The Morgan fingerprint density at radius 2 is 2.00 bits per heavy atom. The highest BCUT2D eigenvalue weighted by Crippen LogP contribution is 2.28. The first-order valence-corrected chi connectivity index (χ1v) is 6.41. The van der Waals surface area contributed by atoms with Crippen LogP contribution in [0.5, 0.6) is 0 Å². The fraction of sp³-hybridized carbons (Fsp3) is 0.154. The van der Waals surface area contributed by atoms with E-state index in [2.05, 4.69) is 9.67 Å². The van der Waals surface area contributed by atoms with Gasteiger partial charge in [0.2, 0.25) is 0 Å². The summed E-state index contributed by atoms with van der Waals surface area (Å²) in [7, 11) is 0. The van der Waals surface area contributed by atoms with Gasteiger partial charge in [0.15, 0.2) is 0 Å². The van der Waals surface area contributed by atoms with Gasteiger partial charge in [0.25, 0.3) is 0 Å². The fourth-order valence-corrected chi connectivity index (χ4v) is 2.60. The third kappa shape index (κ3) is 2.11. The van der Waals surface area contributed by atoms with Crippen LogP contribution in [0.3, 0.4) is 0 Å². The Labute approximate surface area is 115 Å². The minimum absolute atomic E-state index is 0.659. The van der Waals surface area contributed by atoms with Crippen LogP contribution in [0.25, 0.3) is 10.9 Å². The van der Waals surface area contributed by atoms with Crippen molar-refractivity contribution in [2.24, 2.45) is 0 Å². The van der Waals surface area contributed by atoms with Gasteiger partial charge in [-0.05, 0) is 24.3 Å². The molecule has 0 saturated carbocycles. The predicted octanol–water partition coefficient (Wildman–Crippen LogP) is 3.84. The summed E-state index contributed by atoms with van der Waals surface area (Å²) in [5.74, 6) is 0. The van der Waals surface area contributed by atoms with E-state index in [0.29, 0.717) is 10.0 Å². The molecule has 0 aliphatic rings. The van der Waals surface area contributed by atoms with Gasteiger partial charge in [-0.2, -0.15) is 5.10 Å². The van der Waals surface area contributed by atoms with E-state index in [-0.39, 0.29) is 0 Å². The molecule has 0 unspecified atom stereocenters. The SMILES string of the molecule is Clc1cc(Cl)c2ccn(CCn3cccn3)c2c1. The molecule has 1 aromatic carbocycles. The summed E-state index contributed by atoms with van der Waals surface area (Å²) in [5, 5.41) is 6.56. The second-order valence-electron chi connectivity index (χ2n) is 4.10. The van der Waals surface area contributed by atoms with Crippen molar-refractivity contribution in [3.63, 3.8) is 0 Å². The van der Waals surface area contributed by atoms with Crippen molar-refractivity contribution in [3.8, 4) is 0 Å². The van der Waals surface area contributed by atoms with Gasteiger partial charge in [-0.3, -0.25) is 4.68 Å². The zero-order valence-corrected chi connectivity index (χ0v) is 11.1. The third-order valence-corrected chi connectivity index (χ3v) is 3.46. The average molecular weight is 280 g/mol. The molecule has 2 heterocycles. The lowest BCUT2D eigenvalue weighted by Crippen LogP contribution is -2.06. The molecular formula is C13H11Cl2N3. The second kappa shape index (κ2) is 4.67. The number of nitrogens with zero attached hydrogens (tertiary/aromatic N) is 3. The van der Waals surface area contributed by atoms with Gasteiger partial charge in [-0.15, -0.1) is 0 Å². The molecule has 0 aliphatic heterocycles. The van der Waals surface area contributed by atoms with Crippen LogP contribution in [-0.4, -0.2) is 14.3 Å². The van der Waals surface area contributed by atoms with E-state index in [9.17, 15) is 0 Å². The van der Waals surface area contributed by atoms with E-state index in [1.54, 1.807) is 12.3 Å². The Bertz CT molecular complexity index is 671. The van der Waals surface area contributed by atoms with Gasteiger partial charge in [0.1, 0.15) is 0 Å². The molecule has 0 amide bonds. The van der Waals surface area contributed by atoms with Crippen LogP contribution in [0.1, 0.15) is 0 Å². The predicted molar refractivity (Wildman–Crippen MR) is 74.2 cm³/mol. The number of hydrogen-bond donors (Lipinski definition) is 0. The van der Waals surface area contributed by atoms with Gasteiger partial charge in [-0.1, -0.05) is 23.2 Å². The third-order valence-electron chi connectivity index (χ3n) is 2.93. The zero-order valence-electron chi connectivity index (χ0n) is 9.55. The minimum Gasteiger partial charge on any atom is -0.346 e. The highest BCUT2D eigenvalue weighted by atomic mass is 35.5. The van der Waals surface area contributed by atoms with Crippen molar-refractivity contribution in [2.75, 3.05) is 0 Å². The molecule has 0 fully saturated rings. The summed E-state index contributed by atoms with van der Waals surface area (Å²) in [6, 6.07) is 7.63. The van der Waals surface area contributed by atoms with Gasteiger partial charge in [-0.25, -0.2) is 0 Å². The molecule has 18 heavy (non-hydrogen) atoms. The standard InChI is InChI=1S/C13H11Cl2N3/c14-10-8-12(15)11-2-5-17(13(11)9-10)6-7-18-4-1-3-16-18/h1-5,8-9H,6-7H2. The second-order valence-corrected chi connectivity index (χ2v) is 4.94. The molecule has 3 rings (SSSR count). The molecule has 0 spiro atoms. The number of aromatic nitrogens is 3. The van der Waals surface area contributed by atoms with Crippen LogP contribution >= 0.6 is 23.2 Å². The number of benzene rings is 1. The molecule has 0 bridgehead atoms. The van der Waals surface area contributed by atoms with E-state index in [0.717, 1.165) is 24.0 Å². The van der Waals surface area contributed by atoms with Crippen LogP contribution in [0.15, 0.2) is 42.9 Å². The smallest absolute Gasteiger partial charge is 0.0588 e. The number of aryl methyl sites for hydroxylation is 2. The first-order chi connectivity index (χ1) is 8.74. The maximum atomic E-state index is 6.16. The van der Waals surface area contributed by atoms with Gasteiger partial charge >= 0.3 is 0 Å². The summed E-state index contributed by atoms with van der Waals surface area (Å²) in [6.07, 6.45) is 5.75.